The van der Waals surface area contributed by atoms with E-state index in [-0.39, 0.29) is 65.5 Å². The lowest BCUT2D eigenvalue weighted by Gasteiger charge is -2.48. The van der Waals surface area contributed by atoms with Crippen LogP contribution >= 0.6 is 0 Å². The van der Waals surface area contributed by atoms with Crippen molar-refractivity contribution in [2.75, 3.05) is 72.4 Å². The van der Waals surface area contributed by atoms with Crippen molar-refractivity contribution in [3.05, 3.63) is 118 Å². The van der Waals surface area contributed by atoms with Gasteiger partial charge in [0, 0.05) is 86.4 Å². The van der Waals surface area contributed by atoms with Crippen molar-refractivity contribution in [3.63, 3.8) is 0 Å². The molecular weight excluding hydrogens is 1080 g/mol. The molecule has 9 heterocycles. The first kappa shape index (κ1) is 55.9. The zero-order valence-electron chi connectivity index (χ0n) is 48.7. The lowest BCUT2D eigenvalue weighted by molar-refractivity contribution is -0.131. The van der Waals surface area contributed by atoms with Crippen LogP contribution in [0.5, 0.6) is 0 Å². The summed E-state index contributed by atoms with van der Waals surface area (Å²) in [6.07, 6.45) is 9.06. The summed E-state index contributed by atoms with van der Waals surface area (Å²) < 4.78 is 17.9. The molecule has 6 aromatic rings. The Morgan fingerprint density at radius 2 is 1.54 bits per heavy atom. The van der Waals surface area contributed by atoms with Crippen molar-refractivity contribution in [3.8, 4) is 11.3 Å². The van der Waals surface area contributed by atoms with Crippen LogP contribution in [-0.2, 0) is 15.0 Å². The van der Waals surface area contributed by atoms with Gasteiger partial charge in [0.25, 0.3) is 23.6 Å². The number of carbonyl (C=O) groups is 6. The number of aryl methyl sites for hydroxylation is 1. The first-order chi connectivity index (χ1) is 41.0. The number of piperidine rings is 3. The van der Waals surface area contributed by atoms with Gasteiger partial charge >= 0.3 is 0 Å². The summed E-state index contributed by atoms with van der Waals surface area (Å²) in [7, 11) is 0. The van der Waals surface area contributed by atoms with E-state index in [4.69, 9.17) is 15.0 Å². The Hall–Kier alpha value is -8.30. The van der Waals surface area contributed by atoms with Gasteiger partial charge < -0.3 is 50.1 Å². The number of pyridine rings is 2. The summed E-state index contributed by atoms with van der Waals surface area (Å²) in [5, 5.41) is 18.6. The van der Waals surface area contributed by atoms with Crippen LogP contribution in [0.1, 0.15) is 144 Å². The van der Waals surface area contributed by atoms with Crippen molar-refractivity contribution in [2.24, 2.45) is 0 Å². The molecule has 2 atom stereocenters. The Morgan fingerprint density at radius 3 is 2.25 bits per heavy atom. The summed E-state index contributed by atoms with van der Waals surface area (Å²) in [6.45, 7) is 14.6. The van der Waals surface area contributed by atoms with E-state index in [0.29, 0.717) is 109 Å². The number of hydrogen-bond acceptors (Lipinski definition) is 14. The van der Waals surface area contributed by atoms with E-state index in [2.05, 4.69) is 47.7 Å². The third-order valence-electron chi connectivity index (χ3n) is 18.8. The van der Waals surface area contributed by atoms with Gasteiger partial charge in [-0.2, -0.15) is 0 Å². The summed E-state index contributed by atoms with van der Waals surface area (Å²) in [5.74, 6) is -1.41. The molecule has 0 radical (unpaired) electrons. The molecule has 0 bridgehead atoms. The maximum absolute atomic E-state index is 16.0. The molecule has 85 heavy (non-hydrogen) atoms. The van der Waals surface area contributed by atoms with E-state index in [1.807, 2.05) is 61.4 Å². The Kier molecular flexibility index (Phi) is 14.4. The Labute approximate surface area is 492 Å². The van der Waals surface area contributed by atoms with E-state index in [1.165, 1.54) is 31.4 Å². The fraction of sp³-hybridized carbons (Fsp3) is 0.453. The van der Waals surface area contributed by atoms with Crippen LogP contribution in [0, 0.1) is 12.7 Å². The molecule has 442 valence electrons. The average Bonchev–Trinajstić information content (AvgIpc) is 1.71. The van der Waals surface area contributed by atoms with Crippen molar-refractivity contribution >= 4 is 75.2 Å². The third kappa shape index (κ3) is 9.81. The average molecular weight is 1150 g/mol. The number of anilines is 5. The number of piperazine rings is 1. The van der Waals surface area contributed by atoms with Crippen molar-refractivity contribution < 1.29 is 38.3 Å². The topological polar surface area (TPSA) is 222 Å². The van der Waals surface area contributed by atoms with E-state index in [0.717, 1.165) is 47.6 Å². The van der Waals surface area contributed by atoms with Gasteiger partial charge in [-0.1, -0.05) is 24.6 Å². The van der Waals surface area contributed by atoms with Gasteiger partial charge in [0.2, 0.25) is 11.8 Å². The van der Waals surface area contributed by atoms with Gasteiger partial charge in [-0.15, -0.1) is 0 Å². The molecule has 1 saturated carbocycles. The number of aliphatic hydroxyl groups excluding tert-OH is 1. The van der Waals surface area contributed by atoms with E-state index in [1.54, 1.807) is 37.6 Å². The molecule has 3 aromatic carbocycles. The fourth-order valence-electron chi connectivity index (χ4n) is 14.1. The van der Waals surface area contributed by atoms with E-state index < -0.39 is 41.2 Å². The normalized spacial score (nSPS) is 22.4. The lowest BCUT2D eigenvalue weighted by Crippen LogP contribution is -2.58. The molecule has 5 fully saturated rings. The van der Waals surface area contributed by atoms with Gasteiger partial charge in [0.05, 0.1) is 51.0 Å². The van der Waals surface area contributed by atoms with Crippen LogP contribution < -0.4 is 30.7 Å². The minimum absolute atomic E-state index is 0.000619. The number of amides is 6. The summed E-state index contributed by atoms with van der Waals surface area (Å²) >= 11 is 0. The van der Waals surface area contributed by atoms with Crippen LogP contribution in [-0.4, -0.2) is 158 Å². The first-order valence-corrected chi connectivity index (χ1v) is 30.2. The Morgan fingerprint density at radius 1 is 0.788 bits per heavy atom. The summed E-state index contributed by atoms with van der Waals surface area (Å²) in [5.41, 5.74) is 6.24. The lowest BCUT2D eigenvalue weighted by atomic mass is 9.73. The zero-order chi connectivity index (χ0) is 59.2. The van der Waals surface area contributed by atoms with Gasteiger partial charge in [-0.3, -0.25) is 33.7 Å². The highest BCUT2D eigenvalue weighted by molar-refractivity contribution is 6.25. The second-order valence-corrected chi connectivity index (χ2v) is 24.7. The van der Waals surface area contributed by atoms with Crippen LogP contribution in [0.2, 0.25) is 0 Å². The van der Waals surface area contributed by atoms with Crippen LogP contribution in [0.15, 0.2) is 79.3 Å². The second kappa shape index (κ2) is 22.0. The van der Waals surface area contributed by atoms with Crippen LogP contribution in [0.25, 0.3) is 22.3 Å². The molecule has 21 heteroatoms. The fourth-order valence-corrected chi connectivity index (χ4v) is 14.1. The number of nitrogens with one attached hydrogen (secondary N) is 3. The smallest absolute Gasteiger partial charge is 0.264 e. The predicted molar refractivity (Wildman–Crippen MR) is 320 cm³/mol. The van der Waals surface area contributed by atoms with Crippen LogP contribution in [0.3, 0.4) is 0 Å². The molecule has 13 rings (SSSR count). The zero-order valence-corrected chi connectivity index (χ0v) is 48.7. The predicted octanol–water partition coefficient (Wildman–Crippen LogP) is 7.46. The Bertz CT molecular complexity index is 3690. The largest absolute Gasteiger partial charge is 0.374 e. The third-order valence-corrected chi connectivity index (χ3v) is 18.8. The van der Waals surface area contributed by atoms with Gasteiger partial charge in [-0.25, -0.2) is 19.3 Å². The number of imide groups is 1. The number of aromatic nitrogens is 4. The van der Waals surface area contributed by atoms with E-state index >= 15 is 9.18 Å². The van der Waals surface area contributed by atoms with Gasteiger partial charge in [0.15, 0.2) is 5.82 Å². The number of hydrogen-bond donors (Lipinski definition) is 4. The molecule has 1 aliphatic carbocycles. The molecule has 7 aliphatic rings. The minimum Gasteiger partial charge on any atom is -0.374 e. The maximum Gasteiger partial charge on any atom is 0.264 e. The molecule has 2 unspecified atom stereocenters. The maximum atomic E-state index is 16.0. The molecule has 4 saturated heterocycles. The van der Waals surface area contributed by atoms with Gasteiger partial charge in [0.1, 0.15) is 29.4 Å². The Balaban J connectivity index is 0.726. The van der Waals surface area contributed by atoms with Crippen molar-refractivity contribution in [1.82, 2.24) is 44.9 Å². The van der Waals surface area contributed by atoms with Gasteiger partial charge in [-0.05, 0) is 159 Å². The number of aliphatic hydroxyl groups is 1. The molecule has 3 aromatic heterocycles. The standard InChI is InChI=1S/C64H72FN13O7/c1-36(2)68-58(80)44-32-48(46(65)28-38(44)5)70-57-56-49(67-35-76(56)37(3)4)33-47(69-57)39-12-14-45-52(29-39)77(42-30-41(31-42)72-20-7-6-8-21-72)63(85)64(45)18-22-75(23-19-64)60(82)40-13-16-53(66-34-40)74-26-24-73(25-27-74)50-11-9-10-43-55(50)62(84)78(61(43)83)51-15-17-54(79)71-59(51)81/h9-14,16,28-29,32-37,41-42,51,54,79H,6-8,15,17-27,30-31H2,1-5H3,(H,68,80)(H,69,70)(H,71,81). The first-order valence-electron chi connectivity index (χ1n) is 30.2. The highest BCUT2D eigenvalue weighted by Crippen LogP contribution is 2.52. The quantitative estimate of drug-likeness (QED) is 0.0874. The number of fused-ring (bicyclic) bond motifs is 4. The van der Waals surface area contributed by atoms with Crippen LogP contribution in [0.4, 0.5) is 33.1 Å². The minimum atomic E-state index is -1.01. The molecule has 20 nitrogen and oxygen atoms in total. The number of likely N-dealkylation sites (tertiary alicyclic amines) is 2. The SMILES string of the molecule is Cc1cc(F)c(Nc2nc(-c3ccc4c(c3)N(C3CC(N5CCCCC5)C3)C(=O)C43CCN(C(=O)c4ccc(N5CCN(c6cccc7c6C(=O)N(C6CCC(O)NC6=O)C7=O)CC5)nc4)CC3)cc3ncn(C(C)C)c23)cc1C(=O)NC(C)C. The number of benzene rings is 3. The second-order valence-electron chi connectivity index (χ2n) is 24.7. The highest BCUT2D eigenvalue weighted by atomic mass is 19.1. The number of halogens is 1. The number of nitrogens with zero attached hydrogens (tertiary/aromatic N) is 10. The monoisotopic (exact) mass is 1150 g/mol. The summed E-state index contributed by atoms with van der Waals surface area (Å²) in [4.78, 5) is 110. The molecular formula is C64H72FN13O7. The van der Waals surface area contributed by atoms with E-state index in [9.17, 15) is 29.1 Å². The highest BCUT2D eigenvalue weighted by Gasteiger charge is 2.56. The van der Waals surface area contributed by atoms with Crippen molar-refractivity contribution in [1.29, 1.82) is 0 Å². The molecule has 6 amide bonds. The molecule has 6 aliphatic heterocycles. The summed E-state index contributed by atoms with van der Waals surface area (Å²) in [6, 6.07) is 19.2. The number of carbonyl (C=O) groups excluding carboxylic acids is 6. The number of rotatable bonds is 12. The molecule has 4 N–H and O–H groups in total. The molecule has 1 spiro atoms. The van der Waals surface area contributed by atoms with Crippen molar-refractivity contribution in [2.45, 2.75) is 134 Å². The number of imidazole rings is 1.